The van der Waals surface area contributed by atoms with Crippen LogP contribution in [0.5, 0.6) is 0 Å². The Balaban J connectivity index is 1.94. The summed E-state index contributed by atoms with van der Waals surface area (Å²) in [5, 5.41) is 4.07. The summed E-state index contributed by atoms with van der Waals surface area (Å²) in [5.74, 6) is 0.0249. The minimum absolute atomic E-state index is 0.0671. The third-order valence-corrected chi connectivity index (χ3v) is 7.25. The zero-order chi connectivity index (χ0) is 26.0. The quantitative estimate of drug-likeness (QED) is 0.121. The molecule has 0 spiro atoms. The summed E-state index contributed by atoms with van der Waals surface area (Å²) in [5.41, 5.74) is 2.77. The predicted molar refractivity (Wildman–Crippen MR) is 153 cm³/mol. The molecule has 0 aliphatic carbocycles. The van der Waals surface area contributed by atoms with Crippen LogP contribution in [0.25, 0.3) is 0 Å². The van der Waals surface area contributed by atoms with E-state index in [2.05, 4.69) is 54.4 Å². The highest BCUT2D eigenvalue weighted by molar-refractivity contribution is 14.1. The molecule has 8 nitrogen and oxygen atoms in total. The third kappa shape index (κ3) is 8.95. The molecule has 0 saturated heterocycles. The molecule has 2 rings (SSSR count). The van der Waals surface area contributed by atoms with Gasteiger partial charge in [-0.1, -0.05) is 40.5 Å². The van der Waals surface area contributed by atoms with Gasteiger partial charge in [0.25, 0.3) is 0 Å². The van der Waals surface area contributed by atoms with Gasteiger partial charge in [-0.25, -0.2) is 14.4 Å². The standard InChI is InChI=1S/C24H33FIN7OS/c1-16(25)22(23-17(2)30-24(35-23)32(5)6)31-21(27-4)9-7-8-19-10-11-20(14-29-19)28-12-13-33(15-26)18(3)34/h10-11,14,28H,1,7-9,12-13,15H2,2-6H3/b27-21-,31-22+. The number of anilines is 2. The van der Waals surface area contributed by atoms with Crippen molar-refractivity contribution in [3.63, 3.8) is 0 Å². The minimum Gasteiger partial charge on any atom is -0.382 e. The summed E-state index contributed by atoms with van der Waals surface area (Å²) < 4.78 is 15.0. The lowest BCUT2D eigenvalue weighted by Crippen LogP contribution is -2.31. The van der Waals surface area contributed by atoms with E-state index in [0.717, 1.165) is 29.4 Å². The monoisotopic (exact) mass is 613 g/mol. The van der Waals surface area contributed by atoms with Crippen LogP contribution in [-0.4, -0.2) is 71.1 Å². The molecule has 35 heavy (non-hydrogen) atoms. The SMILES string of the molecule is C=C(F)/C(=N\C(CCCc1ccc(NCCN(CI)C(C)=O)cn1)=N/C)c1sc(N(C)C)nc1C. The highest BCUT2D eigenvalue weighted by Gasteiger charge is 2.18. The number of carbonyl (C=O) groups is 1. The molecule has 0 bridgehead atoms. The maximum atomic E-state index is 14.3. The Morgan fingerprint density at radius 3 is 2.60 bits per heavy atom. The van der Waals surface area contributed by atoms with E-state index >= 15 is 0 Å². The van der Waals surface area contributed by atoms with Crippen molar-refractivity contribution in [2.75, 3.05) is 49.0 Å². The van der Waals surface area contributed by atoms with E-state index in [1.165, 1.54) is 11.3 Å². The number of hydrogen-bond donors (Lipinski definition) is 1. The molecule has 2 aromatic heterocycles. The lowest BCUT2D eigenvalue weighted by Gasteiger charge is -2.18. The number of rotatable bonds is 12. The van der Waals surface area contributed by atoms with Gasteiger partial charge in [-0.05, 0) is 31.9 Å². The number of aliphatic imine (C=N–C) groups is 2. The molecule has 1 N–H and O–H groups in total. The summed E-state index contributed by atoms with van der Waals surface area (Å²) in [6.45, 7) is 8.19. The molecular formula is C24H33FIN7OS. The van der Waals surface area contributed by atoms with Gasteiger partial charge in [-0.2, -0.15) is 0 Å². The Hall–Kier alpha value is -2.41. The van der Waals surface area contributed by atoms with Crippen molar-refractivity contribution in [2.45, 2.75) is 33.1 Å². The van der Waals surface area contributed by atoms with Gasteiger partial charge in [-0.3, -0.25) is 14.8 Å². The number of halogens is 2. The van der Waals surface area contributed by atoms with E-state index < -0.39 is 5.83 Å². The molecule has 0 aromatic carbocycles. The number of amidine groups is 1. The Morgan fingerprint density at radius 1 is 1.34 bits per heavy atom. The number of aryl methyl sites for hydroxylation is 2. The molecule has 0 saturated carbocycles. The smallest absolute Gasteiger partial charge is 0.220 e. The molecule has 0 aliphatic heterocycles. The second kappa shape index (κ2) is 14.2. The van der Waals surface area contributed by atoms with E-state index in [1.807, 2.05) is 38.1 Å². The fraction of sp³-hybridized carbons (Fsp3) is 0.458. The number of nitrogens with one attached hydrogen (secondary N) is 1. The summed E-state index contributed by atoms with van der Waals surface area (Å²) in [6.07, 6.45) is 3.91. The number of alkyl halides is 1. The minimum atomic E-state index is -0.599. The van der Waals surface area contributed by atoms with Crippen molar-refractivity contribution < 1.29 is 9.18 Å². The first kappa shape index (κ1) is 28.8. The average Bonchev–Trinajstić information content (AvgIpc) is 3.21. The predicted octanol–water partition coefficient (Wildman–Crippen LogP) is 4.89. The van der Waals surface area contributed by atoms with Crippen molar-refractivity contribution in [3.8, 4) is 0 Å². The zero-order valence-corrected chi connectivity index (χ0v) is 23.9. The van der Waals surface area contributed by atoms with Gasteiger partial charge in [-0.15, -0.1) is 0 Å². The van der Waals surface area contributed by atoms with Crippen LogP contribution in [0.3, 0.4) is 0 Å². The topological polar surface area (TPSA) is 86.1 Å². The summed E-state index contributed by atoms with van der Waals surface area (Å²) in [6, 6.07) is 3.96. The number of nitrogens with zero attached hydrogens (tertiary/aromatic N) is 6. The molecule has 0 atom stereocenters. The molecule has 1 amide bonds. The first-order valence-corrected chi connectivity index (χ1v) is 13.5. The number of hydrogen-bond acceptors (Lipinski definition) is 7. The number of carbonyl (C=O) groups excluding carboxylic acids is 1. The maximum Gasteiger partial charge on any atom is 0.220 e. The Kier molecular flexibility index (Phi) is 11.7. The Bertz CT molecular complexity index is 1070. The molecule has 0 aliphatic rings. The number of pyridine rings is 1. The van der Waals surface area contributed by atoms with Crippen LogP contribution in [0.4, 0.5) is 15.2 Å². The second-order valence-corrected chi connectivity index (χ2v) is 9.69. The molecule has 190 valence electrons. The molecular weight excluding hydrogens is 580 g/mol. The molecule has 0 radical (unpaired) electrons. The van der Waals surface area contributed by atoms with Gasteiger partial charge in [0, 0.05) is 53.3 Å². The number of amides is 1. The number of aromatic nitrogens is 2. The number of allylic oxidation sites excluding steroid dienone is 1. The Morgan fingerprint density at radius 2 is 2.09 bits per heavy atom. The van der Waals surface area contributed by atoms with Crippen molar-refractivity contribution in [1.29, 1.82) is 0 Å². The molecule has 0 fully saturated rings. The van der Waals surface area contributed by atoms with Gasteiger partial charge in [0.2, 0.25) is 5.91 Å². The van der Waals surface area contributed by atoms with Crippen molar-refractivity contribution in [1.82, 2.24) is 14.9 Å². The van der Waals surface area contributed by atoms with Crippen LogP contribution < -0.4 is 10.2 Å². The maximum absolute atomic E-state index is 14.3. The highest BCUT2D eigenvalue weighted by atomic mass is 127. The van der Waals surface area contributed by atoms with E-state index in [0.29, 0.717) is 40.5 Å². The van der Waals surface area contributed by atoms with E-state index in [9.17, 15) is 9.18 Å². The largest absolute Gasteiger partial charge is 0.382 e. The molecule has 0 unspecified atom stereocenters. The fourth-order valence-corrected chi connectivity index (χ4v) is 4.93. The fourth-order valence-electron chi connectivity index (χ4n) is 3.12. The number of thiazole rings is 1. The van der Waals surface area contributed by atoms with Crippen LogP contribution in [-0.2, 0) is 11.2 Å². The summed E-state index contributed by atoms with van der Waals surface area (Å²) in [4.78, 5) is 33.5. The van der Waals surface area contributed by atoms with Crippen LogP contribution in [0.15, 0.2) is 40.7 Å². The average molecular weight is 614 g/mol. The lowest BCUT2D eigenvalue weighted by molar-refractivity contribution is -0.127. The first-order valence-electron chi connectivity index (χ1n) is 11.2. The van der Waals surface area contributed by atoms with Gasteiger partial charge >= 0.3 is 0 Å². The first-order chi connectivity index (χ1) is 16.7. The van der Waals surface area contributed by atoms with Gasteiger partial charge in [0.05, 0.1) is 27.0 Å². The van der Waals surface area contributed by atoms with Crippen molar-refractivity contribution >= 4 is 62.2 Å². The zero-order valence-electron chi connectivity index (χ0n) is 20.9. The van der Waals surface area contributed by atoms with E-state index in [-0.39, 0.29) is 11.6 Å². The van der Waals surface area contributed by atoms with Crippen LogP contribution >= 0.6 is 33.9 Å². The van der Waals surface area contributed by atoms with E-state index in [4.69, 9.17) is 0 Å². The lowest BCUT2D eigenvalue weighted by atomic mass is 10.1. The van der Waals surface area contributed by atoms with Gasteiger partial charge in [0.15, 0.2) is 5.13 Å². The molecule has 11 heteroatoms. The van der Waals surface area contributed by atoms with Crippen molar-refractivity contribution in [3.05, 3.63) is 47.0 Å². The van der Waals surface area contributed by atoms with Crippen molar-refractivity contribution in [2.24, 2.45) is 9.98 Å². The Labute approximate surface area is 224 Å². The van der Waals surface area contributed by atoms with Gasteiger partial charge < -0.3 is 15.1 Å². The second-order valence-electron chi connectivity index (χ2n) is 8.03. The third-order valence-electron chi connectivity index (χ3n) is 5.10. The molecule has 2 aromatic rings. The summed E-state index contributed by atoms with van der Waals surface area (Å²) in [7, 11) is 5.45. The van der Waals surface area contributed by atoms with Crippen LogP contribution in [0.2, 0.25) is 0 Å². The summed E-state index contributed by atoms with van der Waals surface area (Å²) >= 11 is 3.56. The highest BCUT2D eigenvalue weighted by Crippen LogP contribution is 2.27. The van der Waals surface area contributed by atoms with E-state index in [1.54, 1.807) is 25.1 Å². The van der Waals surface area contributed by atoms with Gasteiger partial charge in [0.1, 0.15) is 17.4 Å². The normalized spacial score (nSPS) is 12.0. The van der Waals surface area contributed by atoms with Crippen LogP contribution in [0, 0.1) is 6.92 Å². The van der Waals surface area contributed by atoms with Crippen LogP contribution in [0.1, 0.15) is 36.0 Å². The molecule has 2 heterocycles.